The van der Waals surface area contributed by atoms with E-state index in [1.807, 2.05) is 24.3 Å². The average molecular weight is 265 g/mol. The lowest BCUT2D eigenvalue weighted by Crippen LogP contribution is -1.92. The molecule has 1 aromatic heterocycles. The minimum absolute atomic E-state index is 0.511. The van der Waals surface area contributed by atoms with Crippen LogP contribution < -0.4 is 0 Å². The fourth-order valence-electron chi connectivity index (χ4n) is 1.35. The number of halogens is 1. The first kappa shape index (κ1) is 10.1. The lowest BCUT2D eigenvalue weighted by molar-refractivity contribution is 0.111. The van der Waals surface area contributed by atoms with Gasteiger partial charge in [-0.2, -0.15) is 0 Å². The van der Waals surface area contributed by atoms with Crippen LogP contribution >= 0.6 is 15.9 Å². The summed E-state index contributed by atoms with van der Waals surface area (Å²) in [6.07, 6.45) is 2.99. The van der Waals surface area contributed by atoms with E-state index < -0.39 is 0 Å². The average Bonchev–Trinajstić information content (AvgIpc) is 2.69. The predicted molar refractivity (Wildman–Crippen MR) is 60.9 cm³/mol. The van der Waals surface area contributed by atoms with Gasteiger partial charge in [-0.1, -0.05) is 34.1 Å². The largest absolute Gasteiger partial charge is 0.340 e. The van der Waals surface area contributed by atoms with Crippen LogP contribution in [0.1, 0.15) is 21.9 Å². The maximum Gasteiger partial charge on any atom is 0.167 e. The summed E-state index contributed by atoms with van der Waals surface area (Å²) in [5, 5.41) is 0. The second-order valence-electron chi connectivity index (χ2n) is 3.17. The number of aromatic amines is 1. The molecule has 1 aromatic carbocycles. The van der Waals surface area contributed by atoms with Crippen LogP contribution in [0, 0.1) is 0 Å². The number of nitrogens with zero attached hydrogens (tertiary/aromatic N) is 1. The fraction of sp³-hybridized carbons (Fsp3) is 0.0909. The van der Waals surface area contributed by atoms with E-state index in [9.17, 15) is 4.79 Å². The van der Waals surface area contributed by atoms with Gasteiger partial charge in [-0.15, -0.1) is 0 Å². The lowest BCUT2D eigenvalue weighted by Gasteiger charge is -2.00. The quantitative estimate of drug-likeness (QED) is 0.867. The van der Waals surface area contributed by atoms with Gasteiger partial charge in [0.25, 0.3) is 0 Å². The van der Waals surface area contributed by atoms with Gasteiger partial charge in [-0.05, 0) is 11.6 Å². The molecule has 0 saturated heterocycles. The molecule has 0 atom stereocenters. The molecule has 0 bridgehead atoms. The van der Waals surface area contributed by atoms with Crippen LogP contribution in [0.2, 0.25) is 0 Å². The van der Waals surface area contributed by atoms with Gasteiger partial charge in [0, 0.05) is 10.9 Å². The molecule has 0 saturated carbocycles. The Kier molecular flexibility index (Phi) is 2.97. The van der Waals surface area contributed by atoms with Gasteiger partial charge < -0.3 is 4.98 Å². The molecular weight excluding hydrogens is 256 g/mol. The van der Waals surface area contributed by atoms with Crippen LogP contribution in [0.5, 0.6) is 0 Å². The number of rotatable bonds is 3. The summed E-state index contributed by atoms with van der Waals surface area (Å²) in [5.41, 5.74) is 1.65. The summed E-state index contributed by atoms with van der Waals surface area (Å²) in [5.74, 6) is 0.795. The molecule has 0 radical (unpaired) electrons. The number of benzene rings is 1. The van der Waals surface area contributed by atoms with E-state index in [0.717, 1.165) is 22.1 Å². The maximum absolute atomic E-state index is 10.5. The third kappa shape index (κ3) is 2.33. The molecule has 0 unspecified atom stereocenters. The number of H-pyrrole nitrogens is 1. The van der Waals surface area contributed by atoms with E-state index in [-0.39, 0.29) is 0 Å². The highest BCUT2D eigenvalue weighted by Gasteiger charge is 2.03. The highest BCUT2D eigenvalue weighted by molar-refractivity contribution is 9.10. The third-order valence-electron chi connectivity index (χ3n) is 2.09. The summed E-state index contributed by atoms with van der Waals surface area (Å²) in [7, 11) is 0. The van der Waals surface area contributed by atoms with Crippen LogP contribution in [0.25, 0.3) is 0 Å². The monoisotopic (exact) mass is 264 g/mol. The van der Waals surface area contributed by atoms with Gasteiger partial charge in [0.15, 0.2) is 6.29 Å². The van der Waals surface area contributed by atoms with Crippen molar-refractivity contribution in [3.05, 3.63) is 52.0 Å². The van der Waals surface area contributed by atoms with Gasteiger partial charge >= 0.3 is 0 Å². The Hall–Kier alpha value is -1.42. The molecule has 4 heteroatoms. The molecule has 0 amide bonds. The molecule has 0 spiro atoms. The smallest absolute Gasteiger partial charge is 0.167 e. The van der Waals surface area contributed by atoms with Gasteiger partial charge in [-0.25, -0.2) is 4.98 Å². The number of imidazole rings is 1. The molecule has 0 fully saturated rings. The highest BCUT2D eigenvalue weighted by Crippen LogP contribution is 2.18. The van der Waals surface area contributed by atoms with Crippen LogP contribution in [-0.4, -0.2) is 16.3 Å². The molecule has 1 N–H and O–H groups in total. The standard InChI is InChI=1S/C11H9BrN2O/c12-10-4-2-1-3-8(10)5-11-13-6-9(7-15)14-11/h1-4,6-7H,5H2,(H,13,14). The molecule has 0 aliphatic rings. The normalized spacial score (nSPS) is 10.2. The van der Waals surface area contributed by atoms with E-state index in [0.29, 0.717) is 12.1 Å². The second kappa shape index (κ2) is 4.40. The summed E-state index contributed by atoms with van der Waals surface area (Å²) < 4.78 is 1.05. The topological polar surface area (TPSA) is 45.8 Å². The van der Waals surface area contributed by atoms with E-state index in [1.54, 1.807) is 6.20 Å². The zero-order valence-corrected chi connectivity index (χ0v) is 9.49. The van der Waals surface area contributed by atoms with Crippen molar-refractivity contribution in [3.63, 3.8) is 0 Å². The Balaban J connectivity index is 2.22. The number of nitrogens with one attached hydrogen (secondary N) is 1. The second-order valence-corrected chi connectivity index (χ2v) is 4.03. The van der Waals surface area contributed by atoms with E-state index in [4.69, 9.17) is 0 Å². The third-order valence-corrected chi connectivity index (χ3v) is 2.86. The van der Waals surface area contributed by atoms with Crippen LogP contribution in [-0.2, 0) is 6.42 Å². The van der Waals surface area contributed by atoms with Crippen molar-refractivity contribution < 1.29 is 4.79 Å². The van der Waals surface area contributed by atoms with Crippen LogP contribution in [0.3, 0.4) is 0 Å². The Morgan fingerprint density at radius 3 is 2.87 bits per heavy atom. The summed E-state index contributed by atoms with van der Waals surface area (Å²) in [6.45, 7) is 0. The molecule has 76 valence electrons. The first-order chi connectivity index (χ1) is 7.29. The van der Waals surface area contributed by atoms with Crippen molar-refractivity contribution in [3.8, 4) is 0 Å². The Bertz CT molecular complexity index is 479. The predicted octanol–water partition coefficient (Wildman–Crippen LogP) is 2.58. The highest BCUT2D eigenvalue weighted by atomic mass is 79.9. The number of aldehydes is 1. The lowest BCUT2D eigenvalue weighted by atomic mass is 10.1. The fourth-order valence-corrected chi connectivity index (χ4v) is 1.78. The molecule has 0 aliphatic heterocycles. The van der Waals surface area contributed by atoms with Crippen LogP contribution in [0.4, 0.5) is 0 Å². The number of carbonyl (C=O) groups is 1. The van der Waals surface area contributed by atoms with E-state index in [1.165, 1.54) is 0 Å². The molecule has 2 rings (SSSR count). The number of hydrogen-bond acceptors (Lipinski definition) is 2. The molecule has 1 heterocycles. The van der Waals surface area contributed by atoms with Crippen molar-refractivity contribution in [2.45, 2.75) is 6.42 Å². The molecule has 3 nitrogen and oxygen atoms in total. The minimum Gasteiger partial charge on any atom is -0.340 e. The zero-order chi connectivity index (χ0) is 10.7. The molecule has 0 aliphatic carbocycles. The maximum atomic E-state index is 10.5. The van der Waals surface area contributed by atoms with Crippen molar-refractivity contribution in [2.24, 2.45) is 0 Å². The molecule has 15 heavy (non-hydrogen) atoms. The SMILES string of the molecule is O=Cc1cnc(Cc2ccccc2Br)[nH]1. The minimum atomic E-state index is 0.511. The zero-order valence-electron chi connectivity index (χ0n) is 7.90. The van der Waals surface area contributed by atoms with E-state index >= 15 is 0 Å². The van der Waals surface area contributed by atoms with Gasteiger partial charge in [-0.3, -0.25) is 4.79 Å². The first-order valence-corrected chi connectivity index (χ1v) is 5.31. The first-order valence-electron chi connectivity index (χ1n) is 4.52. The summed E-state index contributed by atoms with van der Waals surface area (Å²) >= 11 is 3.47. The Morgan fingerprint density at radius 2 is 2.20 bits per heavy atom. The number of hydrogen-bond donors (Lipinski definition) is 1. The van der Waals surface area contributed by atoms with Gasteiger partial charge in [0.1, 0.15) is 5.82 Å². The van der Waals surface area contributed by atoms with Crippen LogP contribution in [0.15, 0.2) is 34.9 Å². The summed E-state index contributed by atoms with van der Waals surface area (Å²) in [6, 6.07) is 7.95. The van der Waals surface area contributed by atoms with Gasteiger partial charge in [0.2, 0.25) is 0 Å². The number of carbonyl (C=O) groups excluding carboxylic acids is 1. The Morgan fingerprint density at radius 1 is 1.40 bits per heavy atom. The Labute approximate surface area is 95.7 Å². The van der Waals surface area contributed by atoms with Gasteiger partial charge in [0.05, 0.1) is 11.9 Å². The summed E-state index contributed by atoms with van der Waals surface area (Å²) in [4.78, 5) is 17.5. The molecular formula is C11H9BrN2O. The van der Waals surface area contributed by atoms with Crippen molar-refractivity contribution >= 4 is 22.2 Å². The number of aromatic nitrogens is 2. The van der Waals surface area contributed by atoms with E-state index in [2.05, 4.69) is 25.9 Å². The van der Waals surface area contributed by atoms with Crippen molar-refractivity contribution in [1.82, 2.24) is 9.97 Å². The molecule has 2 aromatic rings. The van der Waals surface area contributed by atoms with Crippen molar-refractivity contribution in [2.75, 3.05) is 0 Å². The van der Waals surface area contributed by atoms with Crippen molar-refractivity contribution in [1.29, 1.82) is 0 Å².